The Morgan fingerprint density at radius 3 is 2.64 bits per heavy atom. The summed E-state index contributed by atoms with van der Waals surface area (Å²) in [5.74, 6) is -0.552. The number of carbonyl (C=O) groups is 2. The number of ketones is 1. The molecule has 0 aliphatic carbocycles. The summed E-state index contributed by atoms with van der Waals surface area (Å²) in [5.41, 5.74) is 2.35. The SMILES string of the molecule is CCS(=O)c1ccccc1C(=O)OCC(=O)c1cc(C)n(-c2nccs2)c1C. The molecule has 0 amide bonds. The van der Waals surface area contributed by atoms with Gasteiger partial charge in [0.05, 0.1) is 21.3 Å². The van der Waals surface area contributed by atoms with Gasteiger partial charge in [0.2, 0.25) is 5.78 Å². The van der Waals surface area contributed by atoms with E-state index >= 15 is 0 Å². The van der Waals surface area contributed by atoms with Gasteiger partial charge in [0.25, 0.3) is 0 Å². The van der Waals surface area contributed by atoms with Gasteiger partial charge in [-0.2, -0.15) is 0 Å². The highest BCUT2D eigenvalue weighted by molar-refractivity contribution is 7.85. The molecule has 0 N–H and O–H groups in total. The van der Waals surface area contributed by atoms with Crippen molar-refractivity contribution in [1.29, 1.82) is 0 Å². The molecule has 1 aromatic carbocycles. The van der Waals surface area contributed by atoms with Gasteiger partial charge in [-0.1, -0.05) is 19.1 Å². The summed E-state index contributed by atoms with van der Waals surface area (Å²) in [6.07, 6.45) is 1.71. The molecule has 28 heavy (non-hydrogen) atoms. The van der Waals surface area contributed by atoms with Crippen LogP contribution in [0.15, 0.2) is 46.8 Å². The standard InChI is InChI=1S/C20H20N2O4S2/c1-4-28(25)18-8-6-5-7-15(18)19(24)26-12-17(23)16-11-13(2)22(14(16)3)20-21-9-10-27-20/h5-11H,4,12H2,1-3H3. The minimum absolute atomic E-state index is 0.226. The van der Waals surface area contributed by atoms with Gasteiger partial charge in [0.15, 0.2) is 11.7 Å². The number of ether oxygens (including phenoxy) is 1. The van der Waals surface area contributed by atoms with Gasteiger partial charge in [-0.05, 0) is 32.0 Å². The molecule has 3 aromatic rings. The highest BCUT2D eigenvalue weighted by Gasteiger charge is 2.21. The number of hydrogen-bond acceptors (Lipinski definition) is 6. The van der Waals surface area contributed by atoms with Crippen molar-refractivity contribution in [3.8, 4) is 5.13 Å². The fourth-order valence-corrected chi connectivity index (χ4v) is 4.63. The Labute approximate surface area is 169 Å². The Hall–Kier alpha value is -2.58. The number of hydrogen-bond donors (Lipinski definition) is 0. The van der Waals surface area contributed by atoms with Crippen molar-refractivity contribution in [2.45, 2.75) is 25.7 Å². The van der Waals surface area contributed by atoms with Crippen LogP contribution >= 0.6 is 11.3 Å². The van der Waals surface area contributed by atoms with Crippen molar-refractivity contribution >= 4 is 33.9 Å². The molecule has 0 aliphatic rings. The third kappa shape index (κ3) is 3.98. The molecular formula is C20H20N2O4S2. The van der Waals surface area contributed by atoms with Gasteiger partial charge >= 0.3 is 5.97 Å². The van der Waals surface area contributed by atoms with Crippen molar-refractivity contribution in [2.75, 3.05) is 12.4 Å². The number of carbonyl (C=O) groups excluding carboxylic acids is 2. The molecule has 2 aromatic heterocycles. The minimum atomic E-state index is -1.29. The fourth-order valence-electron chi connectivity index (χ4n) is 2.94. The topological polar surface area (TPSA) is 78.3 Å². The van der Waals surface area contributed by atoms with E-state index in [0.717, 1.165) is 16.5 Å². The third-order valence-electron chi connectivity index (χ3n) is 4.29. The van der Waals surface area contributed by atoms with Crippen LogP contribution in [0.2, 0.25) is 0 Å². The van der Waals surface area contributed by atoms with Crippen LogP contribution in [0.4, 0.5) is 0 Å². The second-order valence-corrected chi connectivity index (χ2v) is 8.65. The zero-order valence-electron chi connectivity index (χ0n) is 15.8. The molecule has 0 aliphatic heterocycles. The number of rotatable bonds is 7. The van der Waals surface area contributed by atoms with E-state index in [9.17, 15) is 13.8 Å². The van der Waals surface area contributed by atoms with E-state index in [2.05, 4.69) is 4.98 Å². The maximum absolute atomic E-state index is 12.6. The van der Waals surface area contributed by atoms with Gasteiger partial charge in [-0.3, -0.25) is 13.6 Å². The number of Topliss-reactive ketones (excluding diaryl/α,β-unsaturated/α-hetero) is 1. The lowest BCUT2D eigenvalue weighted by Gasteiger charge is -2.09. The van der Waals surface area contributed by atoms with E-state index in [1.54, 1.807) is 43.5 Å². The number of nitrogens with zero attached hydrogens (tertiary/aromatic N) is 2. The van der Waals surface area contributed by atoms with Crippen molar-refractivity contribution < 1.29 is 18.5 Å². The van der Waals surface area contributed by atoms with E-state index in [0.29, 0.717) is 16.2 Å². The molecule has 8 heteroatoms. The highest BCUT2D eigenvalue weighted by Crippen LogP contribution is 2.23. The summed E-state index contributed by atoms with van der Waals surface area (Å²) >= 11 is 1.48. The Balaban J connectivity index is 1.76. The fraction of sp³-hybridized carbons (Fsp3) is 0.250. The van der Waals surface area contributed by atoms with Crippen LogP contribution in [0.5, 0.6) is 0 Å². The highest BCUT2D eigenvalue weighted by atomic mass is 32.2. The predicted octanol–water partition coefficient (Wildman–Crippen LogP) is 3.72. The van der Waals surface area contributed by atoms with Gasteiger partial charge < -0.3 is 4.74 Å². The number of benzene rings is 1. The minimum Gasteiger partial charge on any atom is -0.454 e. The second-order valence-electron chi connectivity index (χ2n) is 6.06. The van der Waals surface area contributed by atoms with Crippen LogP contribution in [0.25, 0.3) is 5.13 Å². The lowest BCUT2D eigenvalue weighted by atomic mass is 10.1. The molecule has 1 atom stereocenters. The first-order valence-electron chi connectivity index (χ1n) is 8.70. The van der Waals surface area contributed by atoms with Crippen LogP contribution in [0, 0.1) is 13.8 Å². The van der Waals surface area contributed by atoms with E-state index in [1.165, 1.54) is 11.3 Å². The molecule has 0 radical (unpaired) electrons. The van der Waals surface area contributed by atoms with Gasteiger partial charge in [-0.15, -0.1) is 11.3 Å². The molecule has 0 spiro atoms. The van der Waals surface area contributed by atoms with E-state index in [1.807, 2.05) is 23.8 Å². The zero-order valence-corrected chi connectivity index (χ0v) is 17.4. The maximum atomic E-state index is 12.6. The Morgan fingerprint density at radius 2 is 1.96 bits per heavy atom. The van der Waals surface area contributed by atoms with E-state index < -0.39 is 16.8 Å². The van der Waals surface area contributed by atoms with Crippen molar-refractivity contribution in [3.05, 3.63) is 64.4 Å². The molecule has 1 unspecified atom stereocenters. The van der Waals surface area contributed by atoms with Crippen LogP contribution in [-0.4, -0.2) is 37.9 Å². The first-order chi connectivity index (χ1) is 13.4. The molecular weight excluding hydrogens is 396 g/mol. The average Bonchev–Trinajstić information content (AvgIpc) is 3.32. The smallest absolute Gasteiger partial charge is 0.339 e. The normalized spacial score (nSPS) is 12.0. The van der Waals surface area contributed by atoms with Gasteiger partial charge in [0, 0.05) is 34.3 Å². The lowest BCUT2D eigenvalue weighted by Crippen LogP contribution is -2.16. The van der Waals surface area contributed by atoms with Crippen LogP contribution in [-0.2, 0) is 15.5 Å². The first-order valence-corrected chi connectivity index (χ1v) is 10.9. The summed E-state index contributed by atoms with van der Waals surface area (Å²) in [5, 5.41) is 2.65. The Bertz CT molecular complexity index is 1040. The average molecular weight is 417 g/mol. The summed E-state index contributed by atoms with van der Waals surface area (Å²) in [4.78, 5) is 29.8. The molecule has 0 bridgehead atoms. The van der Waals surface area contributed by atoms with Crippen LogP contribution in [0.1, 0.15) is 39.0 Å². The van der Waals surface area contributed by atoms with Crippen LogP contribution < -0.4 is 0 Å². The third-order valence-corrected chi connectivity index (χ3v) is 6.42. The maximum Gasteiger partial charge on any atom is 0.339 e. The molecule has 0 saturated carbocycles. The predicted molar refractivity (Wildman–Crippen MR) is 109 cm³/mol. The number of aryl methyl sites for hydroxylation is 1. The van der Waals surface area contributed by atoms with E-state index in [-0.39, 0.29) is 18.0 Å². The summed E-state index contributed by atoms with van der Waals surface area (Å²) in [6.45, 7) is 5.13. The molecule has 146 valence electrons. The summed E-state index contributed by atoms with van der Waals surface area (Å²) in [6, 6.07) is 8.37. The lowest BCUT2D eigenvalue weighted by molar-refractivity contribution is 0.0471. The number of esters is 1. The first kappa shape index (κ1) is 20.2. The Morgan fingerprint density at radius 1 is 1.21 bits per heavy atom. The second kappa shape index (κ2) is 8.62. The number of thiazole rings is 1. The summed E-state index contributed by atoms with van der Waals surface area (Å²) < 4.78 is 19.3. The summed E-state index contributed by atoms with van der Waals surface area (Å²) in [7, 11) is -1.29. The van der Waals surface area contributed by atoms with E-state index in [4.69, 9.17) is 4.74 Å². The zero-order chi connectivity index (χ0) is 20.3. The van der Waals surface area contributed by atoms with Crippen molar-refractivity contribution in [3.63, 3.8) is 0 Å². The molecule has 0 fully saturated rings. The van der Waals surface area contributed by atoms with Gasteiger partial charge in [0.1, 0.15) is 0 Å². The van der Waals surface area contributed by atoms with Gasteiger partial charge in [-0.25, -0.2) is 9.78 Å². The van der Waals surface area contributed by atoms with Crippen LogP contribution in [0.3, 0.4) is 0 Å². The largest absolute Gasteiger partial charge is 0.454 e. The number of aromatic nitrogens is 2. The van der Waals surface area contributed by atoms with Crippen molar-refractivity contribution in [1.82, 2.24) is 9.55 Å². The van der Waals surface area contributed by atoms with Crippen molar-refractivity contribution in [2.24, 2.45) is 0 Å². The molecule has 2 heterocycles. The quantitative estimate of drug-likeness (QED) is 0.433. The monoisotopic (exact) mass is 416 g/mol. The molecule has 0 saturated heterocycles. The molecule has 3 rings (SSSR count). The Kier molecular flexibility index (Phi) is 6.21. The molecule has 6 nitrogen and oxygen atoms in total.